The van der Waals surface area contributed by atoms with Gasteiger partial charge < -0.3 is 19.7 Å². The predicted octanol–water partition coefficient (Wildman–Crippen LogP) is 2.02. The Morgan fingerprint density at radius 3 is 1.45 bits per heavy atom. The van der Waals surface area contributed by atoms with E-state index in [1.54, 1.807) is 24.3 Å². The number of hydrogen-bond donors (Lipinski definition) is 2. The normalized spacial score (nSPS) is 14.8. The van der Waals surface area contributed by atoms with E-state index in [0.717, 1.165) is 0 Å². The van der Waals surface area contributed by atoms with Gasteiger partial charge in [-0.1, -0.05) is 0 Å². The van der Waals surface area contributed by atoms with E-state index in [1.165, 1.54) is 0 Å². The smallest absolute Gasteiger partial charge is 0.462 e. The highest BCUT2D eigenvalue weighted by atomic mass is 16.6. The third-order valence-electron chi connectivity index (χ3n) is 2.36. The SMILES string of the molecule is O=C(O)O.O=C1OCCCCOC(=O)c2ccc1cc2. The van der Waals surface area contributed by atoms with Crippen LogP contribution in [0.5, 0.6) is 0 Å². The standard InChI is InChI=1S/C12H12O4.CH2O3/c13-11-9-3-5-10(6-4-9)12(14)16-8-2-1-7-15-11;2-1(3)4/h3-6H,1-2,7-8H2;(H2,2,3,4). The molecule has 2 aliphatic rings. The summed E-state index contributed by atoms with van der Waals surface area (Å²) >= 11 is 0. The van der Waals surface area contributed by atoms with Crippen molar-refractivity contribution in [2.24, 2.45) is 0 Å². The van der Waals surface area contributed by atoms with Crippen molar-refractivity contribution in [3.8, 4) is 0 Å². The van der Waals surface area contributed by atoms with Crippen LogP contribution in [0.2, 0.25) is 0 Å². The summed E-state index contributed by atoms with van der Waals surface area (Å²) in [6.45, 7) is 0.719. The Morgan fingerprint density at radius 1 is 0.850 bits per heavy atom. The minimum absolute atomic E-state index is 0.347. The van der Waals surface area contributed by atoms with Crippen LogP contribution in [0, 0.1) is 0 Å². The molecule has 2 aliphatic heterocycles. The van der Waals surface area contributed by atoms with E-state index in [-0.39, 0.29) is 11.9 Å². The number of carbonyl (C=O) groups excluding carboxylic acids is 2. The van der Waals surface area contributed by atoms with Crippen molar-refractivity contribution in [3.05, 3.63) is 35.4 Å². The Balaban J connectivity index is 0.000000444. The maximum Gasteiger partial charge on any atom is 0.503 e. The van der Waals surface area contributed by atoms with Crippen LogP contribution in [0.15, 0.2) is 24.3 Å². The lowest BCUT2D eigenvalue weighted by atomic mass is 10.1. The number of carboxylic acid groups (broad SMARTS) is 2. The molecule has 108 valence electrons. The van der Waals surface area contributed by atoms with Crippen molar-refractivity contribution in [3.63, 3.8) is 0 Å². The van der Waals surface area contributed by atoms with Gasteiger partial charge >= 0.3 is 18.1 Å². The molecule has 20 heavy (non-hydrogen) atoms. The fraction of sp³-hybridized carbons (Fsp3) is 0.308. The van der Waals surface area contributed by atoms with Gasteiger partial charge in [0.2, 0.25) is 0 Å². The van der Waals surface area contributed by atoms with Crippen molar-refractivity contribution < 1.29 is 34.1 Å². The first-order valence-electron chi connectivity index (χ1n) is 5.87. The summed E-state index contributed by atoms with van der Waals surface area (Å²) in [4.78, 5) is 31.5. The maximum atomic E-state index is 11.5. The summed E-state index contributed by atoms with van der Waals surface area (Å²) < 4.78 is 10.1. The van der Waals surface area contributed by atoms with E-state index < -0.39 is 6.16 Å². The van der Waals surface area contributed by atoms with Crippen molar-refractivity contribution in [2.75, 3.05) is 13.2 Å². The highest BCUT2D eigenvalue weighted by Crippen LogP contribution is 2.09. The van der Waals surface area contributed by atoms with Gasteiger partial charge in [-0.05, 0) is 37.1 Å². The maximum absolute atomic E-state index is 11.5. The quantitative estimate of drug-likeness (QED) is 0.700. The number of rotatable bonds is 0. The molecular weight excluding hydrogens is 268 g/mol. The van der Waals surface area contributed by atoms with E-state index >= 15 is 0 Å². The lowest BCUT2D eigenvalue weighted by molar-refractivity contribution is 0.0427. The van der Waals surface area contributed by atoms with Crippen molar-refractivity contribution in [1.29, 1.82) is 0 Å². The zero-order chi connectivity index (χ0) is 15.0. The number of carbonyl (C=O) groups is 3. The van der Waals surface area contributed by atoms with Crippen LogP contribution in [0.4, 0.5) is 4.79 Å². The minimum Gasteiger partial charge on any atom is -0.462 e. The zero-order valence-electron chi connectivity index (χ0n) is 10.6. The zero-order valence-corrected chi connectivity index (χ0v) is 10.6. The van der Waals surface area contributed by atoms with E-state index in [1.807, 2.05) is 0 Å². The molecule has 1 aromatic carbocycles. The van der Waals surface area contributed by atoms with Gasteiger partial charge in [0.05, 0.1) is 24.3 Å². The number of esters is 2. The average Bonchev–Trinajstić information content (AvgIpc) is 2.40. The molecule has 7 heteroatoms. The van der Waals surface area contributed by atoms with Crippen molar-refractivity contribution in [1.82, 2.24) is 0 Å². The van der Waals surface area contributed by atoms with Crippen LogP contribution in [0.1, 0.15) is 33.6 Å². The Kier molecular flexibility index (Phi) is 6.02. The molecule has 2 bridgehead atoms. The Hall–Kier alpha value is -2.57. The largest absolute Gasteiger partial charge is 0.503 e. The first kappa shape index (κ1) is 15.5. The lowest BCUT2D eigenvalue weighted by Crippen LogP contribution is -2.12. The molecule has 1 aromatic rings. The van der Waals surface area contributed by atoms with E-state index in [0.29, 0.717) is 37.2 Å². The highest BCUT2D eigenvalue weighted by molar-refractivity contribution is 5.93. The molecular formula is C13H14O7. The molecule has 0 radical (unpaired) electrons. The van der Waals surface area contributed by atoms with E-state index in [2.05, 4.69) is 0 Å². The van der Waals surface area contributed by atoms with Crippen LogP contribution >= 0.6 is 0 Å². The van der Waals surface area contributed by atoms with Gasteiger partial charge in [0.15, 0.2) is 0 Å². The third-order valence-corrected chi connectivity index (χ3v) is 2.36. The second-order valence-electron chi connectivity index (χ2n) is 3.84. The number of hydrogen-bond acceptors (Lipinski definition) is 5. The molecule has 0 aliphatic carbocycles. The molecule has 0 fully saturated rings. The van der Waals surface area contributed by atoms with Gasteiger partial charge in [-0.3, -0.25) is 0 Å². The van der Waals surface area contributed by atoms with E-state index in [4.69, 9.17) is 24.5 Å². The first-order valence-corrected chi connectivity index (χ1v) is 5.87. The lowest BCUT2D eigenvalue weighted by Gasteiger charge is -2.09. The molecule has 0 aromatic heterocycles. The summed E-state index contributed by atoms with van der Waals surface area (Å²) in [6.07, 6.45) is -0.426. The van der Waals surface area contributed by atoms with Gasteiger partial charge in [-0.25, -0.2) is 14.4 Å². The first-order chi connectivity index (χ1) is 9.50. The second kappa shape index (κ2) is 7.78. The monoisotopic (exact) mass is 282 g/mol. The van der Waals surface area contributed by atoms with Crippen LogP contribution in [-0.2, 0) is 9.47 Å². The highest BCUT2D eigenvalue weighted by Gasteiger charge is 2.12. The van der Waals surface area contributed by atoms with Gasteiger partial charge in [-0.2, -0.15) is 0 Å². The molecule has 2 N–H and O–H groups in total. The predicted molar refractivity (Wildman–Crippen MR) is 66.9 cm³/mol. The number of ether oxygens (including phenoxy) is 2. The molecule has 0 saturated carbocycles. The van der Waals surface area contributed by atoms with Crippen LogP contribution < -0.4 is 0 Å². The van der Waals surface area contributed by atoms with Crippen molar-refractivity contribution >= 4 is 18.1 Å². The van der Waals surface area contributed by atoms with Crippen LogP contribution in [0.3, 0.4) is 0 Å². The van der Waals surface area contributed by atoms with Gasteiger partial charge in [0, 0.05) is 0 Å². The molecule has 0 saturated heterocycles. The summed E-state index contributed by atoms with van der Waals surface area (Å²) in [5.74, 6) is -0.694. The summed E-state index contributed by atoms with van der Waals surface area (Å²) in [6, 6.07) is 6.28. The fourth-order valence-corrected chi connectivity index (χ4v) is 1.44. The molecule has 0 spiro atoms. The topological polar surface area (TPSA) is 110 Å². The van der Waals surface area contributed by atoms with E-state index in [9.17, 15) is 9.59 Å². The summed E-state index contributed by atoms with van der Waals surface area (Å²) in [5.41, 5.74) is 0.911. The van der Waals surface area contributed by atoms with Gasteiger partial charge in [-0.15, -0.1) is 0 Å². The Labute approximate surface area is 114 Å². The minimum atomic E-state index is -1.83. The fourth-order valence-electron chi connectivity index (χ4n) is 1.44. The molecule has 0 unspecified atom stereocenters. The molecule has 2 heterocycles. The number of fused-ring (bicyclic) bond motifs is 9. The van der Waals surface area contributed by atoms with Gasteiger partial charge in [0.1, 0.15) is 0 Å². The van der Waals surface area contributed by atoms with Crippen LogP contribution in [0.25, 0.3) is 0 Å². The molecule has 0 atom stereocenters. The summed E-state index contributed by atoms with van der Waals surface area (Å²) in [5, 5.41) is 13.9. The molecule has 3 rings (SSSR count). The second-order valence-corrected chi connectivity index (χ2v) is 3.84. The average molecular weight is 282 g/mol. The Bertz CT molecular complexity index is 435. The molecule has 7 nitrogen and oxygen atoms in total. The van der Waals surface area contributed by atoms with Crippen LogP contribution in [-0.4, -0.2) is 41.5 Å². The summed E-state index contributed by atoms with van der Waals surface area (Å²) in [7, 11) is 0. The van der Waals surface area contributed by atoms with Gasteiger partial charge in [0.25, 0.3) is 0 Å². The van der Waals surface area contributed by atoms with Crippen molar-refractivity contribution in [2.45, 2.75) is 12.8 Å². The number of benzene rings is 1. The Morgan fingerprint density at radius 2 is 1.15 bits per heavy atom. The molecule has 0 amide bonds. The third kappa shape index (κ3) is 5.38.